The van der Waals surface area contributed by atoms with E-state index in [0.717, 1.165) is 17.2 Å². The molecule has 0 bridgehead atoms. The van der Waals surface area contributed by atoms with Gasteiger partial charge in [-0.1, -0.05) is 72.0 Å². The van der Waals surface area contributed by atoms with E-state index in [1.807, 2.05) is 30.3 Å². The van der Waals surface area contributed by atoms with Crippen LogP contribution in [0.3, 0.4) is 0 Å². The number of halogens is 2. The quantitative estimate of drug-likeness (QED) is 0.259. The molecule has 0 unspecified atom stereocenters. The average molecular weight is 557 g/mol. The zero-order valence-corrected chi connectivity index (χ0v) is 22.1. The smallest absolute Gasteiger partial charge is 0.266 e. The largest absolute Gasteiger partial charge is 0.493 e. The normalized spacial score (nSPS) is 14.2. The topological polar surface area (TPSA) is 67.9 Å². The Morgan fingerprint density at radius 3 is 2.65 bits per heavy atom. The highest BCUT2D eigenvalue weighted by atomic mass is 35.5. The lowest BCUT2D eigenvalue weighted by Crippen LogP contribution is -2.30. The van der Waals surface area contributed by atoms with Gasteiger partial charge in [-0.25, -0.2) is 4.39 Å². The summed E-state index contributed by atoms with van der Waals surface area (Å²) in [6, 6.07) is 18.9. The molecule has 0 atom stereocenters. The number of ether oxygens (including phenoxy) is 2. The number of amides is 2. The van der Waals surface area contributed by atoms with Crippen LogP contribution in [0.5, 0.6) is 11.5 Å². The number of hydrogen-bond donors (Lipinski definition) is 1. The van der Waals surface area contributed by atoms with E-state index in [4.69, 9.17) is 33.3 Å². The Balaban J connectivity index is 1.38. The molecular weight excluding hydrogens is 535 g/mol. The van der Waals surface area contributed by atoms with Gasteiger partial charge in [-0.15, -0.1) is 0 Å². The molecule has 3 aromatic rings. The van der Waals surface area contributed by atoms with Gasteiger partial charge in [-0.3, -0.25) is 14.5 Å². The molecular formula is C27H22ClFN2O4S2. The number of anilines is 1. The van der Waals surface area contributed by atoms with Crippen LogP contribution in [0, 0.1) is 5.82 Å². The Hall–Kier alpha value is -3.40. The fourth-order valence-corrected chi connectivity index (χ4v) is 5.03. The summed E-state index contributed by atoms with van der Waals surface area (Å²) in [5.74, 6) is -0.417. The predicted octanol–water partition coefficient (Wildman–Crippen LogP) is 5.95. The molecule has 1 heterocycles. The van der Waals surface area contributed by atoms with Crippen LogP contribution in [-0.4, -0.2) is 41.3 Å². The first kappa shape index (κ1) is 26.7. The van der Waals surface area contributed by atoms with E-state index in [-0.39, 0.29) is 17.5 Å². The zero-order chi connectivity index (χ0) is 26.4. The van der Waals surface area contributed by atoms with E-state index < -0.39 is 11.7 Å². The van der Waals surface area contributed by atoms with Crippen molar-refractivity contribution < 1.29 is 23.5 Å². The molecule has 2 amide bonds. The van der Waals surface area contributed by atoms with Crippen LogP contribution in [-0.2, 0) is 16.0 Å². The Morgan fingerprint density at radius 2 is 1.92 bits per heavy atom. The molecule has 1 N–H and O–H groups in total. The first-order chi connectivity index (χ1) is 17.8. The van der Waals surface area contributed by atoms with E-state index in [2.05, 4.69) is 5.32 Å². The van der Waals surface area contributed by atoms with Gasteiger partial charge in [0.15, 0.2) is 18.1 Å². The fourth-order valence-electron chi connectivity index (χ4n) is 3.54. The molecule has 37 heavy (non-hydrogen) atoms. The molecule has 0 radical (unpaired) electrons. The van der Waals surface area contributed by atoms with Crippen LogP contribution in [0.25, 0.3) is 6.08 Å². The monoisotopic (exact) mass is 556 g/mol. The highest BCUT2D eigenvalue weighted by molar-refractivity contribution is 8.26. The van der Waals surface area contributed by atoms with Gasteiger partial charge in [0.1, 0.15) is 10.1 Å². The number of carbonyl (C=O) groups excluding carboxylic acids is 2. The van der Waals surface area contributed by atoms with Crippen LogP contribution in [0.15, 0.2) is 71.6 Å². The Bertz CT molecular complexity index is 1370. The van der Waals surface area contributed by atoms with E-state index in [1.54, 1.807) is 29.2 Å². The van der Waals surface area contributed by atoms with Crippen molar-refractivity contribution in [2.24, 2.45) is 0 Å². The highest BCUT2D eigenvalue weighted by Gasteiger charge is 2.31. The van der Waals surface area contributed by atoms with Crippen molar-refractivity contribution in [2.45, 2.75) is 6.42 Å². The van der Waals surface area contributed by atoms with Crippen molar-refractivity contribution in [1.29, 1.82) is 0 Å². The average Bonchev–Trinajstić information content (AvgIpc) is 3.16. The SMILES string of the molecule is COc1cc(/C=C2\SC(=S)N(CCc3ccccc3)C2=O)ccc1OCC(=O)Nc1ccc(F)c(Cl)c1. The number of rotatable bonds is 9. The lowest BCUT2D eigenvalue weighted by Gasteiger charge is -2.14. The standard InChI is InChI=1S/C27H22ClFN2O4S2/c1-34-23-13-18(7-10-22(23)35-16-25(32)30-19-8-9-21(29)20(28)15-19)14-24-26(33)31(27(36)37-24)12-11-17-5-3-2-4-6-17/h2-10,13-15H,11-12,16H2,1H3,(H,30,32)/b24-14-. The summed E-state index contributed by atoms with van der Waals surface area (Å²) < 4.78 is 24.8. The fraction of sp³-hybridized carbons (Fsp3) is 0.148. The van der Waals surface area contributed by atoms with Gasteiger partial charge in [0, 0.05) is 12.2 Å². The Morgan fingerprint density at radius 1 is 1.14 bits per heavy atom. The molecule has 6 nitrogen and oxygen atoms in total. The van der Waals surface area contributed by atoms with Crippen molar-refractivity contribution in [3.05, 3.63) is 93.6 Å². The minimum atomic E-state index is -0.574. The lowest BCUT2D eigenvalue weighted by atomic mass is 10.1. The molecule has 3 aromatic carbocycles. The van der Waals surface area contributed by atoms with Gasteiger partial charge in [0.05, 0.1) is 17.0 Å². The van der Waals surface area contributed by atoms with Crippen molar-refractivity contribution in [2.75, 3.05) is 25.6 Å². The maximum absolute atomic E-state index is 13.3. The maximum Gasteiger partial charge on any atom is 0.266 e. The molecule has 1 saturated heterocycles. The summed E-state index contributed by atoms with van der Waals surface area (Å²) in [4.78, 5) is 27.3. The molecule has 190 valence electrons. The molecule has 0 aliphatic carbocycles. The van der Waals surface area contributed by atoms with Crippen molar-refractivity contribution in [3.63, 3.8) is 0 Å². The second-order valence-corrected chi connectivity index (χ2v) is 10.0. The number of thiocarbonyl (C=S) groups is 1. The number of nitrogens with one attached hydrogen (secondary N) is 1. The third-order valence-electron chi connectivity index (χ3n) is 5.39. The van der Waals surface area contributed by atoms with E-state index >= 15 is 0 Å². The molecule has 4 rings (SSSR count). The number of benzene rings is 3. The zero-order valence-electron chi connectivity index (χ0n) is 19.7. The minimum absolute atomic E-state index is 0.0934. The highest BCUT2D eigenvalue weighted by Crippen LogP contribution is 2.35. The van der Waals surface area contributed by atoms with Crippen LogP contribution >= 0.6 is 35.6 Å². The lowest BCUT2D eigenvalue weighted by molar-refractivity contribution is -0.122. The molecule has 1 aliphatic heterocycles. The molecule has 1 fully saturated rings. The van der Waals surface area contributed by atoms with Crippen LogP contribution in [0.4, 0.5) is 10.1 Å². The van der Waals surface area contributed by atoms with E-state index in [1.165, 1.54) is 31.0 Å². The summed E-state index contributed by atoms with van der Waals surface area (Å²) in [6.45, 7) is 0.207. The third-order valence-corrected chi connectivity index (χ3v) is 7.06. The summed E-state index contributed by atoms with van der Waals surface area (Å²) in [6.07, 6.45) is 2.46. The summed E-state index contributed by atoms with van der Waals surface area (Å²) in [5, 5.41) is 2.50. The van der Waals surface area contributed by atoms with Gasteiger partial charge in [0.2, 0.25) is 0 Å². The van der Waals surface area contributed by atoms with Gasteiger partial charge in [-0.05, 0) is 54.0 Å². The van der Waals surface area contributed by atoms with E-state index in [0.29, 0.717) is 39.4 Å². The van der Waals surface area contributed by atoms with Crippen LogP contribution < -0.4 is 14.8 Å². The van der Waals surface area contributed by atoms with Gasteiger partial charge >= 0.3 is 0 Å². The number of thioether (sulfide) groups is 1. The second kappa shape index (κ2) is 12.2. The van der Waals surface area contributed by atoms with Crippen molar-refractivity contribution in [3.8, 4) is 11.5 Å². The Labute approximate surface area is 228 Å². The minimum Gasteiger partial charge on any atom is -0.493 e. The summed E-state index contributed by atoms with van der Waals surface area (Å²) in [5.41, 5.74) is 2.21. The van der Waals surface area contributed by atoms with Crippen LogP contribution in [0.1, 0.15) is 11.1 Å². The molecule has 0 saturated carbocycles. The van der Waals surface area contributed by atoms with Crippen LogP contribution in [0.2, 0.25) is 5.02 Å². The number of carbonyl (C=O) groups is 2. The molecule has 0 aromatic heterocycles. The van der Waals surface area contributed by atoms with Gasteiger partial charge in [-0.2, -0.15) is 0 Å². The number of hydrogen-bond acceptors (Lipinski definition) is 6. The van der Waals surface area contributed by atoms with Gasteiger partial charge < -0.3 is 14.8 Å². The third kappa shape index (κ3) is 6.88. The number of nitrogens with zero attached hydrogens (tertiary/aromatic N) is 1. The number of methoxy groups -OCH3 is 1. The van der Waals surface area contributed by atoms with Gasteiger partial charge in [0.25, 0.3) is 11.8 Å². The predicted molar refractivity (Wildman–Crippen MR) is 149 cm³/mol. The first-order valence-corrected chi connectivity index (χ1v) is 12.8. The second-order valence-electron chi connectivity index (χ2n) is 7.94. The first-order valence-electron chi connectivity index (χ1n) is 11.2. The summed E-state index contributed by atoms with van der Waals surface area (Å²) >= 11 is 12.4. The molecule has 1 aliphatic rings. The van der Waals surface area contributed by atoms with E-state index in [9.17, 15) is 14.0 Å². The molecule has 0 spiro atoms. The van der Waals surface area contributed by atoms with Crippen molar-refractivity contribution in [1.82, 2.24) is 4.90 Å². The maximum atomic E-state index is 13.3. The molecule has 10 heteroatoms. The Kier molecular flexibility index (Phi) is 8.81. The van der Waals surface area contributed by atoms with Crippen molar-refractivity contribution >= 4 is 63.5 Å². The summed E-state index contributed by atoms with van der Waals surface area (Å²) in [7, 11) is 1.48.